The predicted molar refractivity (Wildman–Crippen MR) is 145 cm³/mol. The molecule has 200 valence electrons. The number of ether oxygens (including phenoxy) is 6. The molecule has 3 aromatic carbocycles. The fraction of sp³-hybridized carbons (Fsp3) is 0.375. The highest BCUT2D eigenvalue weighted by atomic mass is 16.7. The number of benzene rings is 3. The second-order valence-electron chi connectivity index (χ2n) is 9.00. The minimum atomic E-state index is -0.665. The van der Waals surface area contributed by atoms with Crippen molar-refractivity contribution < 1.29 is 28.4 Å². The van der Waals surface area contributed by atoms with Crippen LogP contribution >= 0.6 is 0 Å². The van der Waals surface area contributed by atoms with Crippen molar-refractivity contribution >= 4 is 0 Å². The van der Waals surface area contributed by atoms with E-state index in [0.717, 1.165) is 16.7 Å². The SMILES string of the molecule is CC#CCOC[C@H]1OC(OC)[C@H](OCc2ccccc2)[C@@H](OCc2ccccc2)[C@@H]1OCc1ccccc1. The van der Waals surface area contributed by atoms with Gasteiger partial charge < -0.3 is 28.4 Å². The van der Waals surface area contributed by atoms with Crippen molar-refractivity contribution in [3.63, 3.8) is 0 Å². The summed E-state index contributed by atoms with van der Waals surface area (Å²) in [5.41, 5.74) is 3.17. The van der Waals surface area contributed by atoms with E-state index in [4.69, 9.17) is 28.4 Å². The van der Waals surface area contributed by atoms with Gasteiger partial charge in [-0.2, -0.15) is 0 Å². The fourth-order valence-corrected chi connectivity index (χ4v) is 4.37. The first-order chi connectivity index (χ1) is 18.8. The molecule has 0 saturated carbocycles. The first-order valence-corrected chi connectivity index (χ1v) is 12.9. The molecule has 0 aromatic heterocycles. The molecule has 5 atom stereocenters. The minimum absolute atomic E-state index is 0.282. The van der Waals surface area contributed by atoms with Gasteiger partial charge in [0.05, 0.1) is 26.4 Å². The van der Waals surface area contributed by atoms with Crippen LogP contribution in [0.1, 0.15) is 23.6 Å². The Balaban J connectivity index is 1.59. The summed E-state index contributed by atoms with van der Waals surface area (Å²) in [6, 6.07) is 30.1. The molecule has 1 heterocycles. The molecule has 38 heavy (non-hydrogen) atoms. The third kappa shape index (κ3) is 8.24. The molecule has 0 bridgehead atoms. The van der Waals surface area contributed by atoms with Gasteiger partial charge in [0.1, 0.15) is 31.0 Å². The van der Waals surface area contributed by atoms with E-state index in [-0.39, 0.29) is 6.61 Å². The summed E-state index contributed by atoms with van der Waals surface area (Å²) in [7, 11) is 1.61. The number of rotatable bonds is 13. The molecule has 1 unspecified atom stereocenters. The molecule has 1 aliphatic heterocycles. The molecule has 0 aliphatic carbocycles. The number of hydrogen-bond donors (Lipinski definition) is 0. The van der Waals surface area contributed by atoms with Gasteiger partial charge >= 0.3 is 0 Å². The summed E-state index contributed by atoms with van der Waals surface area (Å²) < 4.78 is 37.5. The van der Waals surface area contributed by atoms with Crippen molar-refractivity contribution in [2.75, 3.05) is 20.3 Å². The molecule has 0 amide bonds. The standard InChI is InChI=1S/C32H36O6/c1-3-4-20-34-24-28-29(35-21-25-14-8-5-9-15-25)30(36-22-26-16-10-6-11-17-26)31(32(33-2)38-28)37-23-27-18-12-7-13-19-27/h5-19,28-32H,20-24H2,1-2H3/t28-,29-,30+,31-,32?/m1/s1. The Hall–Kier alpha value is -3.02. The van der Waals surface area contributed by atoms with Crippen molar-refractivity contribution in [1.82, 2.24) is 0 Å². The topological polar surface area (TPSA) is 55.4 Å². The lowest BCUT2D eigenvalue weighted by Crippen LogP contribution is -2.61. The molecule has 1 saturated heterocycles. The van der Waals surface area contributed by atoms with Crippen LogP contribution in [0.25, 0.3) is 0 Å². The maximum Gasteiger partial charge on any atom is 0.186 e. The summed E-state index contributed by atoms with van der Waals surface area (Å²) in [5.74, 6) is 5.79. The highest BCUT2D eigenvalue weighted by molar-refractivity contribution is 5.15. The van der Waals surface area contributed by atoms with Gasteiger partial charge in [0.25, 0.3) is 0 Å². The molecule has 6 nitrogen and oxygen atoms in total. The summed E-state index contributed by atoms with van der Waals surface area (Å²) >= 11 is 0. The molecule has 0 spiro atoms. The Labute approximate surface area is 225 Å². The Morgan fingerprint density at radius 1 is 0.658 bits per heavy atom. The van der Waals surface area contributed by atoms with Gasteiger partial charge in [-0.3, -0.25) is 0 Å². The van der Waals surface area contributed by atoms with Gasteiger partial charge in [-0.1, -0.05) is 96.9 Å². The highest BCUT2D eigenvalue weighted by Gasteiger charge is 2.48. The van der Waals surface area contributed by atoms with Gasteiger partial charge in [0.2, 0.25) is 0 Å². The van der Waals surface area contributed by atoms with E-state index in [2.05, 4.69) is 11.8 Å². The van der Waals surface area contributed by atoms with Crippen LogP contribution in [0.3, 0.4) is 0 Å². The molecule has 0 N–H and O–H groups in total. The highest BCUT2D eigenvalue weighted by Crippen LogP contribution is 2.31. The summed E-state index contributed by atoms with van der Waals surface area (Å²) in [6.07, 6.45) is -2.59. The van der Waals surface area contributed by atoms with E-state index >= 15 is 0 Å². The molecule has 1 aliphatic rings. The Bertz CT molecular complexity index is 1110. The van der Waals surface area contributed by atoms with Crippen LogP contribution in [0.2, 0.25) is 0 Å². The van der Waals surface area contributed by atoms with Crippen LogP contribution < -0.4 is 0 Å². The monoisotopic (exact) mass is 516 g/mol. The molecular weight excluding hydrogens is 480 g/mol. The van der Waals surface area contributed by atoms with E-state index < -0.39 is 30.7 Å². The molecule has 1 fully saturated rings. The minimum Gasteiger partial charge on any atom is -0.368 e. The molecule has 3 aromatic rings. The zero-order valence-electron chi connectivity index (χ0n) is 22.0. The predicted octanol–water partition coefficient (Wildman–Crippen LogP) is 5.15. The van der Waals surface area contributed by atoms with Gasteiger partial charge in [-0.15, -0.1) is 5.92 Å². The van der Waals surface area contributed by atoms with E-state index in [1.165, 1.54) is 0 Å². The van der Waals surface area contributed by atoms with Crippen LogP contribution in [-0.2, 0) is 48.2 Å². The normalized spacial score (nSPS) is 22.9. The second-order valence-corrected chi connectivity index (χ2v) is 9.00. The van der Waals surface area contributed by atoms with Gasteiger partial charge in [0, 0.05) is 7.11 Å². The van der Waals surface area contributed by atoms with E-state index in [9.17, 15) is 0 Å². The smallest absolute Gasteiger partial charge is 0.186 e. The average Bonchev–Trinajstić information content (AvgIpc) is 2.98. The lowest BCUT2D eigenvalue weighted by molar-refractivity contribution is -0.322. The number of hydrogen-bond acceptors (Lipinski definition) is 6. The van der Waals surface area contributed by atoms with Gasteiger partial charge in [-0.05, 0) is 23.6 Å². The van der Waals surface area contributed by atoms with Crippen molar-refractivity contribution in [2.45, 2.75) is 57.5 Å². The quantitative estimate of drug-likeness (QED) is 0.231. The third-order valence-electron chi connectivity index (χ3n) is 6.31. The van der Waals surface area contributed by atoms with Crippen LogP contribution in [0.15, 0.2) is 91.0 Å². The average molecular weight is 517 g/mol. The summed E-state index contributed by atoms with van der Waals surface area (Å²) in [5, 5.41) is 0. The van der Waals surface area contributed by atoms with Crippen LogP contribution in [0.5, 0.6) is 0 Å². The molecular formula is C32H36O6. The zero-order chi connectivity index (χ0) is 26.4. The fourth-order valence-electron chi connectivity index (χ4n) is 4.37. The maximum absolute atomic E-state index is 6.57. The summed E-state index contributed by atoms with van der Waals surface area (Å²) in [4.78, 5) is 0. The third-order valence-corrected chi connectivity index (χ3v) is 6.31. The Kier molecular flexibility index (Phi) is 11.4. The van der Waals surface area contributed by atoms with Crippen molar-refractivity contribution in [2.24, 2.45) is 0 Å². The first-order valence-electron chi connectivity index (χ1n) is 12.9. The lowest BCUT2D eigenvalue weighted by Gasteiger charge is -2.45. The second kappa shape index (κ2) is 15.4. The molecule has 0 radical (unpaired) electrons. The van der Waals surface area contributed by atoms with Crippen molar-refractivity contribution in [1.29, 1.82) is 0 Å². The largest absolute Gasteiger partial charge is 0.368 e. The van der Waals surface area contributed by atoms with E-state index in [1.54, 1.807) is 14.0 Å². The van der Waals surface area contributed by atoms with E-state index in [0.29, 0.717) is 26.4 Å². The Morgan fingerprint density at radius 3 is 1.61 bits per heavy atom. The van der Waals surface area contributed by atoms with Crippen molar-refractivity contribution in [3.8, 4) is 11.8 Å². The van der Waals surface area contributed by atoms with E-state index in [1.807, 2.05) is 91.0 Å². The zero-order valence-corrected chi connectivity index (χ0v) is 22.0. The van der Waals surface area contributed by atoms with Gasteiger partial charge in [-0.25, -0.2) is 0 Å². The van der Waals surface area contributed by atoms with Crippen LogP contribution in [-0.4, -0.2) is 51.0 Å². The molecule has 4 rings (SSSR count). The van der Waals surface area contributed by atoms with Gasteiger partial charge in [0.15, 0.2) is 6.29 Å². The van der Waals surface area contributed by atoms with Crippen molar-refractivity contribution in [3.05, 3.63) is 108 Å². The Morgan fingerprint density at radius 2 is 1.13 bits per heavy atom. The lowest BCUT2D eigenvalue weighted by atomic mass is 9.98. The first kappa shape index (κ1) is 28.0. The van der Waals surface area contributed by atoms with Crippen LogP contribution in [0, 0.1) is 11.8 Å². The summed E-state index contributed by atoms with van der Waals surface area (Å²) in [6.45, 7) is 3.56. The maximum atomic E-state index is 6.57. The number of methoxy groups -OCH3 is 1. The van der Waals surface area contributed by atoms with Crippen LogP contribution in [0.4, 0.5) is 0 Å². The molecule has 6 heteroatoms.